The molecule has 1 fully saturated rings. The lowest BCUT2D eigenvalue weighted by molar-refractivity contribution is -0.465. The van der Waals surface area contributed by atoms with E-state index in [9.17, 15) is 4.79 Å². The maximum atomic E-state index is 10.2. The van der Waals surface area contributed by atoms with Crippen molar-refractivity contribution in [3.8, 4) is 0 Å². The summed E-state index contributed by atoms with van der Waals surface area (Å²) in [4.78, 5) is 18.7. The van der Waals surface area contributed by atoms with Gasteiger partial charge in [0.15, 0.2) is 0 Å². The van der Waals surface area contributed by atoms with Crippen molar-refractivity contribution in [1.29, 1.82) is 0 Å². The molecule has 0 aromatic carbocycles. The van der Waals surface area contributed by atoms with Crippen LogP contribution in [-0.2, 0) is 19.6 Å². The topological polar surface area (TPSA) is 65.0 Å². The Morgan fingerprint density at radius 1 is 1.78 bits per heavy atom. The van der Waals surface area contributed by atoms with Gasteiger partial charge in [-0.1, -0.05) is 5.04 Å². The standard InChI is InChI=1S/C4H6O5/c1-4(3(5)6)2-7-9-8-4/h2H2,1H3,(H,5,6). The lowest BCUT2D eigenvalue weighted by Crippen LogP contribution is -2.37. The van der Waals surface area contributed by atoms with E-state index in [-0.39, 0.29) is 6.61 Å². The molecule has 0 bridgehead atoms. The van der Waals surface area contributed by atoms with Gasteiger partial charge < -0.3 is 5.11 Å². The summed E-state index contributed by atoms with van der Waals surface area (Å²) in [6.07, 6.45) is 0. The summed E-state index contributed by atoms with van der Waals surface area (Å²) < 4.78 is 0. The van der Waals surface area contributed by atoms with Crippen LogP contribution in [0.4, 0.5) is 0 Å². The van der Waals surface area contributed by atoms with Gasteiger partial charge >= 0.3 is 5.97 Å². The van der Waals surface area contributed by atoms with Gasteiger partial charge in [0, 0.05) is 0 Å². The zero-order valence-corrected chi connectivity index (χ0v) is 4.79. The Morgan fingerprint density at radius 2 is 2.44 bits per heavy atom. The van der Waals surface area contributed by atoms with Gasteiger partial charge in [-0.3, -0.25) is 0 Å². The Labute approximate surface area is 51.0 Å². The third kappa shape index (κ3) is 1.02. The van der Waals surface area contributed by atoms with Gasteiger partial charge in [-0.15, -0.1) is 0 Å². The molecule has 1 saturated heterocycles. The van der Waals surface area contributed by atoms with Crippen molar-refractivity contribution in [1.82, 2.24) is 0 Å². The number of carbonyl (C=O) groups is 1. The molecule has 5 heteroatoms. The largest absolute Gasteiger partial charge is 0.479 e. The lowest BCUT2D eigenvalue weighted by Gasteiger charge is -2.08. The summed E-state index contributed by atoms with van der Waals surface area (Å²) >= 11 is 0. The van der Waals surface area contributed by atoms with Crippen molar-refractivity contribution < 1.29 is 24.7 Å². The van der Waals surface area contributed by atoms with E-state index in [1.807, 2.05) is 0 Å². The zero-order chi connectivity index (χ0) is 6.91. The molecule has 0 amide bonds. The zero-order valence-electron chi connectivity index (χ0n) is 4.79. The minimum Gasteiger partial charge on any atom is -0.479 e. The first-order valence-corrected chi connectivity index (χ1v) is 2.36. The van der Waals surface area contributed by atoms with Crippen LogP contribution in [0, 0.1) is 0 Å². The normalized spacial score (nSPS) is 34.8. The van der Waals surface area contributed by atoms with Crippen molar-refractivity contribution in [2.45, 2.75) is 12.5 Å². The molecule has 0 spiro atoms. The highest BCUT2D eigenvalue weighted by Gasteiger charge is 2.41. The summed E-state index contributed by atoms with van der Waals surface area (Å²) in [6, 6.07) is 0. The summed E-state index contributed by atoms with van der Waals surface area (Å²) in [7, 11) is 0. The van der Waals surface area contributed by atoms with E-state index >= 15 is 0 Å². The molecule has 1 aliphatic heterocycles. The Morgan fingerprint density at radius 3 is 2.67 bits per heavy atom. The highest BCUT2D eigenvalue weighted by molar-refractivity contribution is 5.77. The monoisotopic (exact) mass is 134 g/mol. The van der Waals surface area contributed by atoms with Gasteiger partial charge in [-0.05, 0) is 6.92 Å². The Bertz CT molecular complexity index is 125. The van der Waals surface area contributed by atoms with Gasteiger partial charge in [0.25, 0.3) is 0 Å². The van der Waals surface area contributed by atoms with Gasteiger partial charge in [0.1, 0.15) is 6.61 Å². The minimum atomic E-state index is -1.33. The van der Waals surface area contributed by atoms with Crippen molar-refractivity contribution in [3.05, 3.63) is 0 Å². The van der Waals surface area contributed by atoms with Crippen molar-refractivity contribution in [2.75, 3.05) is 6.61 Å². The highest BCUT2D eigenvalue weighted by atomic mass is 17.5. The molecule has 9 heavy (non-hydrogen) atoms. The number of hydrogen-bond acceptors (Lipinski definition) is 4. The first-order chi connectivity index (χ1) is 4.15. The molecule has 0 aromatic rings. The molecule has 0 saturated carbocycles. The first kappa shape index (κ1) is 6.47. The van der Waals surface area contributed by atoms with Crippen molar-refractivity contribution in [3.63, 3.8) is 0 Å². The predicted octanol–water partition coefficient (Wildman–Crippen LogP) is -0.277. The van der Waals surface area contributed by atoms with E-state index < -0.39 is 11.6 Å². The van der Waals surface area contributed by atoms with Crippen molar-refractivity contribution in [2.24, 2.45) is 0 Å². The van der Waals surface area contributed by atoms with Crippen LogP contribution in [-0.4, -0.2) is 23.3 Å². The van der Waals surface area contributed by atoms with E-state index in [2.05, 4.69) is 14.8 Å². The molecule has 0 aliphatic carbocycles. The fraction of sp³-hybridized carbons (Fsp3) is 0.750. The quantitative estimate of drug-likeness (QED) is 0.500. The van der Waals surface area contributed by atoms with E-state index in [0.29, 0.717) is 0 Å². The molecule has 5 nitrogen and oxygen atoms in total. The molecule has 1 N–H and O–H groups in total. The van der Waals surface area contributed by atoms with E-state index in [1.54, 1.807) is 0 Å². The number of carboxylic acid groups (broad SMARTS) is 1. The predicted molar refractivity (Wildman–Crippen MR) is 24.2 cm³/mol. The summed E-state index contributed by atoms with van der Waals surface area (Å²) in [5, 5.41) is 12.3. The Hall–Kier alpha value is -0.650. The lowest BCUT2D eigenvalue weighted by atomic mass is 10.1. The second-order valence-corrected chi connectivity index (χ2v) is 1.95. The maximum absolute atomic E-state index is 10.2. The van der Waals surface area contributed by atoms with Crippen LogP contribution in [0.15, 0.2) is 0 Å². The van der Waals surface area contributed by atoms with Gasteiger partial charge in [-0.25, -0.2) is 9.68 Å². The van der Waals surface area contributed by atoms with Crippen LogP contribution in [0.2, 0.25) is 0 Å². The van der Waals surface area contributed by atoms with Gasteiger partial charge in [-0.2, -0.15) is 4.89 Å². The second-order valence-electron chi connectivity index (χ2n) is 1.95. The van der Waals surface area contributed by atoms with E-state index in [4.69, 9.17) is 5.11 Å². The molecular formula is C4H6O5. The minimum absolute atomic E-state index is 0.0810. The fourth-order valence-electron chi connectivity index (χ4n) is 0.357. The van der Waals surface area contributed by atoms with Gasteiger partial charge in [0.05, 0.1) is 0 Å². The number of hydrogen-bond donors (Lipinski definition) is 1. The Kier molecular flexibility index (Phi) is 1.40. The Balaban J connectivity index is 2.61. The van der Waals surface area contributed by atoms with Crippen LogP contribution < -0.4 is 0 Å². The average Bonchev–Trinajstić information content (AvgIpc) is 2.16. The van der Waals surface area contributed by atoms with E-state index in [1.165, 1.54) is 6.92 Å². The van der Waals surface area contributed by atoms with Crippen LogP contribution in [0.5, 0.6) is 0 Å². The SMILES string of the molecule is CC1(C(=O)O)COOO1. The van der Waals surface area contributed by atoms with Crippen LogP contribution in [0.1, 0.15) is 6.92 Å². The maximum Gasteiger partial charge on any atom is 0.341 e. The second kappa shape index (κ2) is 1.94. The third-order valence-electron chi connectivity index (χ3n) is 1.05. The number of rotatable bonds is 1. The highest BCUT2D eigenvalue weighted by Crippen LogP contribution is 2.18. The van der Waals surface area contributed by atoms with Crippen LogP contribution in [0.25, 0.3) is 0 Å². The molecule has 1 rings (SSSR count). The molecule has 0 aromatic heterocycles. The molecule has 0 radical (unpaired) electrons. The average molecular weight is 134 g/mol. The van der Waals surface area contributed by atoms with Crippen molar-refractivity contribution >= 4 is 5.97 Å². The molecule has 1 heterocycles. The summed E-state index contributed by atoms with van der Waals surface area (Å²) in [5.41, 5.74) is -1.33. The molecule has 1 unspecified atom stereocenters. The number of carboxylic acids is 1. The summed E-state index contributed by atoms with van der Waals surface area (Å²) in [5.74, 6) is -1.10. The van der Waals surface area contributed by atoms with E-state index in [0.717, 1.165) is 0 Å². The first-order valence-electron chi connectivity index (χ1n) is 2.36. The van der Waals surface area contributed by atoms with Crippen LogP contribution >= 0.6 is 0 Å². The fourth-order valence-corrected chi connectivity index (χ4v) is 0.357. The smallest absolute Gasteiger partial charge is 0.341 e. The summed E-state index contributed by atoms with van der Waals surface area (Å²) in [6.45, 7) is 1.28. The van der Waals surface area contributed by atoms with Gasteiger partial charge in [0.2, 0.25) is 5.60 Å². The molecular weight excluding hydrogens is 128 g/mol. The van der Waals surface area contributed by atoms with Crippen LogP contribution in [0.3, 0.4) is 0 Å². The number of aliphatic carboxylic acids is 1. The third-order valence-corrected chi connectivity index (χ3v) is 1.05. The molecule has 52 valence electrons. The molecule has 1 atom stereocenters. The molecule has 1 aliphatic rings.